The van der Waals surface area contributed by atoms with E-state index in [0.29, 0.717) is 6.10 Å². The maximum atomic E-state index is 5.57. The van der Waals surface area contributed by atoms with E-state index in [-0.39, 0.29) is 0 Å². The molecule has 0 spiro atoms. The third-order valence-corrected chi connectivity index (χ3v) is 4.93. The zero-order valence-electron chi connectivity index (χ0n) is 17.0. The normalized spacial score (nSPS) is 14.4. The first-order valence-corrected chi connectivity index (χ1v) is 11.0. The summed E-state index contributed by atoms with van der Waals surface area (Å²) in [5.41, 5.74) is 0. The summed E-state index contributed by atoms with van der Waals surface area (Å²) in [6.07, 6.45) is 19.1. The summed E-state index contributed by atoms with van der Waals surface area (Å²) in [5, 5.41) is 0. The molecule has 0 bridgehead atoms. The lowest BCUT2D eigenvalue weighted by molar-refractivity contribution is 0.0186. The van der Waals surface area contributed by atoms with Crippen molar-refractivity contribution in [3.8, 4) is 11.8 Å². The third kappa shape index (κ3) is 15.5. The largest absolute Gasteiger partial charge is 0.379 e. The van der Waals surface area contributed by atoms with Gasteiger partial charge in [0, 0.05) is 18.9 Å². The molecule has 0 unspecified atom stereocenters. The highest BCUT2D eigenvalue weighted by Crippen LogP contribution is 2.25. The smallest absolute Gasteiger partial charge is 0.0703 e. The van der Waals surface area contributed by atoms with Crippen LogP contribution in [0.15, 0.2) is 0 Å². The van der Waals surface area contributed by atoms with E-state index in [1.807, 2.05) is 0 Å². The van der Waals surface area contributed by atoms with Crippen molar-refractivity contribution in [2.24, 2.45) is 5.92 Å². The predicted molar refractivity (Wildman–Crippen MR) is 108 cm³/mol. The lowest BCUT2D eigenvalue weighted by Gasteiger charge is -2.18. The number of rotatable bonds is 16. The molecule has 2 heteroatoms. The average molecular weight is 351 g/mol. The van der Waals surface area contributed by atoms with Crippen molar-refractivity contribution in [3.05, 3.63) is 0 Å². The molecule has 0 heterocycles. The van der Waals surface area contributed by atoms with Gasteiger partial charge < -0.3 is 9.47 Å². The molecule has 1 aliphatic carbocycles. The first-order valence-electron chi connectivity index (χ1n) is 11.0. The molecule has 2 nitrogen and oxygen atoms in total. The molecule has 1 aliphatic rings. The quantitative estimate of drug-likeness (QED) is 0.233. The van der Waals surface area contributed by atoms with Gasteiger partial charge in [-0.25, -0.2) is 0 Å². The number of unbranched alkanes of at least 4 members (excludes halogenated alkanes) is 10. The van der Waals surface area contributed by atoms with E-state index in [4.69, 9.17) is 9.47 Å². The molecular weight excluding hydrogens is 308 g/mol. The van der Waals surface area contributed by atoms with Crippen LogP contribution in [0.2, 0.25) is 0 Å². The zero-order chi connectivity index (χ0) is 18.0. The molecule has 1 fully saturated rings. The second-order valence-corrected chi connectivity index (χ2v) is 7.77. The van der Waals surface area contributed by atoms with Gasteiger partial charge >= 0.3 is 0 Å². The molecule has 0 amide bonds. The van der Waals surface area contributed by atoms with Crippen LogP contribution in [-0.4, -0.2) is 25.9 Å². The summed E-state index contributed by atoms with van der Waals surface area (Å²) >= 11 is 0. The van der Waals surface area contributed by atoms with E-state index < -0.39 is 0 Å². The van der Waals surface area contributed by atoms with Gasteiger partial charge in [0.05, 0.1) is 19.3 Å². The van der Waals surface area contributed by atoms with Crippen LogP contribution < -0.4 is 0 Å². The van der Waals surface area contributed by atoms with Gasteiger partial charge in [0.2, 0.25) is 0 Å². The lowest BCUT2D eigenvalue weighted by Crippen LogP contribution is -2.10. The molecule has 0 saturated heterocycles. The molecule has 0 aromatic heterocycles. The Kier molecular flexibility index (Phi) is 15.2. The minimum absolute atomic E-state index is 0.314. The van der Waals surface area contributed by atoms with E-state index in [1.165, 1.54) is 83.5 Å². The molecule has 0 aliphatic heterocycles. The fourth-order valence-corrected chi connectivity index (χ4v) is 3.05. The van der Waals surface area contributed by atoms with E-state index >= 15 is 0 Å². The first-order chi connectivity index (χ1) is 12.3. The minimum Gasteiger partial charge on any atom is -0.379 e. The maximum Gasteiger partial charge on any atom is 0.0703 e. The zero-order valence-corrected chi connectivity index (χ0v) is 17.0. The van der Waals surface area contributed by atoms with Gasteiger partial charge in [0.1, 0.15) is 0 Å². The highest BCUT2D eigenvalue weighted by molar-refractivity contribution is 5.06. The standard InChI is InChI=1S/C23H42O2/c1-22(2)25-21-20-24-19-14-12-10-8-6-4-3-5-7-9-11-13-16-23-17-15-18-23/h22-23H,3-12,14-15,17-21H2,1-2H3. The lowest BCUT2D eigenvalue weighted by atomic mass is 9.86. The molecule has 1 saturated carbocycles. The molecule has 0 radical (unpaired) electrons. The number of ether oxygens (including phenoxy) is 2. The summed E-state index contributed by atoms with van der Waals surface area (Å²) in [4.78, 5) is 0. The maximum absolute atomic E-state index is 5.57. The van der Waals surface area contributed by atoms with Crippen LogP contribution in [-0.2, 0) is 9.47 Å². The van der Waals surface area contributed by atoms with Gasteiger partial charge in [-0.1, -0.05) is 63.7 Å². The summed E-state index contributed by atoms with van der Waals surface area (Å²) in [6, 6.07) is 0. The summed E-state index contributed by atoms with van der Waals surface area (Å²) < 4.78 is 11.0. The molecule has 25 heavy (non-hydrogen) atoms. The predicted octanol–water partition coefficient (Wildman–Crippen LogP) is 6.52. The Morgan fingerprint density at radius 2 is 1.36 bits per heavy atom. The van der Waals surface area contributed by atoms with Crippen LogP contribution in [0.25, 0.3) is 0 Å². The van der Waals surface area contributed by atoms with Crippen molar-refractivity contribution < 1.29 is 9.47 Å². The molecule has 0 aromatic carbocycles. The number of hydrogen-bond acceptors (Lipinski definition) is 2. The van der Waals surface area contributed by atoms with Crippen molar-refractivity contribution in [2.75, 3.05) is 19.8 Å². The Labute approximate surface area is 157 Å². The van der Waals surface area contributed by atoms with Gasteiger partial charge in [0.25, 0.3) is 0 Å². The molecule has 0 N–H and O–H groups in total. The Morgan fingerprint density at radius 3 is 1.92 bits per heavy atom. The van der Waals surface area contributed by atoms with Crippen LogP contribution in [0.5, 0.6) is 0 Å². The van der Waals surface area contributed by atoms with Crippen molar-refractivity contribution in [2.45, 2.75) is 110 Å². The Bertz CT molecular complexity index is 336. The van der Waals surface area contributed by atoms with Crippen LogP contribution >= 0.6 is 0 Å². The van der Waals surface area contributed by atoms with Crippen LogP contribution in [0.4, 0.5) is 0 Å². The Balaban J connectivity index is 1.65. The van der Waals surface area contributed by atoms with E-state index in [2.05, 4.69) is 25.7 Å². The summed E-state index contributed by atoms with van der Waals surface area (Å²) in [5.74, 6) is 7.53. The van der Waals surface area contributed by atoms with Crippen LogP contribution in [0.3, 0.4) is 0 Å². The second-order valence-electron chi connectivity index (χ2n) is 7.77. The average Bonchev–Trinajstić information content (AvgIpc) is 2.55. The molecule has 0 aromatic rings. The van der Waals surface area contributed by atoms with Crippen molar-refractivity contribution >= 4 is 0 Å². The van der Waals surface area contributed by atoms with Gasteiger partial charge in [-0.15, -0.1) is 5.92 Å². The van der Waals surface area contributed by atoms with Crippen molar-refractivity contribution in [3.63, 3.8) is 0 Å². The highest BCUT2D eigenvalue weighted by Gasteiger charge is 2.13. The Morgan fingerprint density at radius 1 is 0.760 bits per heavy atom. The number of hydrogen-bond donors (Lipinski definition) is 0. The highest BCUT2D eigenvalue weighted by atomic mass is 16.5. The Hall–Kier alpha value is -0.520. The van der Waals surface area contributed by atoms with Gasteiger partial charge in [-0.3, -0.25) is 0 Å². The van der Waals surface area contributed by atoms with E-state index in [1.54, 1.807) is 0 Å². The fraction of sp³-hybridized carbons (Fsp3) is 0.913. The van der Waals surface area contributed by atoms with E-state index in [9.17, 15) is 0 Å². The van der Waals surface area contributed by atoms with Gasteiger partial charge in [-0.2, -0.15) is 0 Å². The minimum atomic E-state index is 0.314. The topological polar surface area (TPSA) is 18.5 Å². The van der Waals surface area contributed by atoms with Crippen LogP contribution in [0, 0.1) is 17.8 Å². The SMILES string of the molecule is CC(C)OCCOCCCCCCCCCCCCC#CC1CCC1. The summed E-state index contributed by atoms with van der Waals surface area (Å²) in [6.45, 7) is 6.48. The molecular formula is C23H42O2. The van der Waals surface area contributed by atoms with Crippen LogP contribution in [0.1, 0.15) is 104 Å². The third-order valence-electron chi connectivity index (χ3n) is 4.93. The monoisotopic (exact) mass is 350 g/mol. The first kappa shape index (κ1) is 22.5. The van der Waals surface area contributed by atoms with E-state index in [0.717, 1.165) is 32.2 Å². The molecule has 0 atom stereocenters. The molecule has 146 valence electrons. The van der Waals surface area contributed by atoms with Gasteiger partial charge in [-0.05, 0) is 39.5 Å². The second kappa shape index (κ2) is 16.9. The van der Waals surface area contributed by atoms with Crippen molar-refractivity contribution in [1.82, 2.24) is 0 Å². The summed E-state index contributed by atoms with van der Waals surface area (Å²) in [7, 11) is 0. The van der Waals surface area contributed by atoms with Crippen molar-refractivity contribution in [1.29, 1.82) is 0 Å². The van der Waals surface area contributed by atoms with Gasteiger partial charge in [0.15, 0.2) is 0 Å². The fourth-order valence-electron chi connectivity index (χ4n) is 3.05. The molecule has 1 rings (SSSR count).